The monoisotopic (exact) mass is 372 g/mol. The van der Waals surface area contributed by atoms with Gasteiger partial charge in [0.15, 0.2) is 5.16 Å². The van der Waals surface area contributed by atoms with Crippen molar-refractivity contribution in [2.75, 3.05) is 25.8 Å². The van der Waals surface area contributed by atoms with Gasteiger partial charge in [-0.2, -0.15) is 0 Å². The van der Waals surface area contributed by atoms with Crippen LogP contribution in [-0.2, 0) is 13.6 Å². The lowest BCUT2D eigenvalue weighted by atomic mass is 10.2. The number of nitrogens with one attached hydrogen (secondary N) is 1. The van der Waals surface area contributed by atoms with Crippen molar-refractivity contribution in [3.05, 3.63) is 46.4 Å². The molecule has 3 aromatic rings. The van der Waals surface area contributed by atoms with Crippen LogP contribution in [0.2, 0.25) is 0 Å². The molecule has 2 heterocycles. The topological polar surface area (TPSA) is 78.3 Å². The van der Waals surface area contributed by atoms with Crippen LogP contribution in [0.5, 0.6) is 11.5 Å². The maximum absolute atomic E-state index is 12.6. The minimum Gasteiger partial charge on any atom is -0.497 e. The lowest BCUT2D eigenvalue weighted by Gasteiger charge is -2.13. The van der Waals surface area contributed by atoms with Gasteiger partial charge in [-0.05, 0) is 24.5 Å². The normalized spacial score (nSPS) is 10.8. The van der Waals surface area contributed by atoms with Crippen molar-refractivity contribution in [3.63, 3.8) is 0 Å². The molecule has 0 amide bonds. The number of anilines is 1. The van der Waals surface area contributed by atoms with Crippen LogP contribution < -0.4 is 20.3 Å². The molecule has 0 saturated heterocycles. The van der Waals surface area contributed by atoms with E-state index in [4.69, 9.17) is 9.47 Å². The van der Waals surface area contributed by atoms with Crippen molar-refractivity contribution >= 4 is 28.5 Å². The molecule has 7 nitrogen and oxygen atoms in total. The van der Waals surface area contributed by atoms with E-state index < -0.39 is 0 Å². The predicted octanol–water partition coefficient (Wildman–Crippen LogP) is 2.68. The zero-order chi connectivity index (χ0) is 18.7. The zero-order valence-corrected chi connectivity index (χ0v) is 15.9. The first kappa shape index (κ1) is 18.1. The molecule has 0 aliphatic heterocycles. The SMILES string of the molecule is COc1ccc(CNc2nc(SC)nc3ccn(C)c(=O)c23)c(OC)c1. The molecule has 3 rings (SSSR count). The fourth-order valence-corrected chi connectivity index (χ4v) is 2.98. The molecule has 0 bridgehead atoms. The van der Waals surface area contributed by atoms with Crippen LogP contribution in [0.25, 0.3) is 10.9 Å². The highest BCUT2D eigenvalue weighted by Gasteiger charge is 2.13. The first-order valence-electron chi connectivity index (χ1n) is 7.93. The van der Waals surface area contributed by atoms with Gasteiger partial charge in [0.25, 0.3) is 5.56 Å². The Hall–Kier alpha value is -2.74. The van der Waals surface area contributed by atoms with E-state index in [1.165, 1.54) is 16.3 Å². The number of aryl methyl sites for hydroxylation is 1. The second-order valence-electron chi connectivity index (χ2n) is 5.58. The van der Waals surface area contributed by atoms with Crippen LogP contribution in [0.4, 0.5) is 5.82 Å². The number of thioether (sulfide) groups is 1. The molecule has 0 fully saturated rings. The van der Waals surface area contributed by atoms with Gasteiger partial charge in [0.05, 0.1) is 19.7 Å². The molecule has 2 aromatic heterocycles. The van der Waals surface area contributed by atoms with Crippen LogP contribution in [0.1, 0.15) is 5.56 Å². The van der Waals surface area contributed by atoms with E-state index in [1.807, 2.05) is 30.5 Å². The van der Waals surface area contributed by atoms with Gasteiger partial charge in [-0.3, -0.25) is 4.79 Å². The number of benzene rings is 1. The van der Waals surface area contributed by atoms with Gasteiger partial charge in [-0.15, -0.1) is 0 Å². The van der Waals surface area contributed by atoms with Crippen molar-refractivity contribution in [2.45, 2.75) is 11.7 Å². The number of rotatable bonds is 6. The fraction of sp³-hybridized carbons (Fsp3) is 0.278. The van der Waals surface area contributed by atoms with Gasteiger partial charge in [0.1, 0.15) is 22.7 Å². The maximum Gasteiger partial charge on any atom is 0.263 e. The molecule has 1 aromatic carbocycles. The van der Waals surface area contributed by atoms with Crippen LogP contribution in [-0.4, -0.2) is 35.0 Å². The summed E-state index contributed by atoms with van der Waals surface area (Å²) in [6, 6.07) is 7.42. The molecule has 0 spiro atoms. The van der Waals surface area contributed by atoms with Crippen molar-refractivity contribution < 1.29 is 9.47 Å². The average molecular weight is 372 g/mol. The Bertz CT molecular complexity index is 1000. The molecule has 1 N–H and O–H groups in total. The quantitative estimate of drug-likeness (QED) is 0.526. The smallest absolute Gasteiger partial charge is 0.263 e. The lowest BCUT2D eigenvalue weighted by molar-refractivity contribution is 0.391. The molecule has 26 heavy (non-hydrogen) atoms. The second-order valence-corrected chi connectivity index (χ2v) is 6.36. The molecule has 0 aliphatic rings. The summed E-state index contributed by atoms with van der Waals surface area (Å²) in [6.07, 6.45) is 3.61. The summed E-state index contributed by atoms with van der Waals surface area (Å²) < 4.78 is 12.2. The summed E-state index contributed by atoms with van der Waals surface area (Å²) in [7, 11) is 4.93. The third-order valence-corrected chi connectivity index (χ3v) is 4.58. The van der Waals surface area contributed by atoms with E-state index in [-0.39, 0.29) is 5.56 Å². The third-order valence-electron chi connectivity index (χ3n) is 4.03. The van der Waals surface area contributed by atoms with Crippen molar-refractivity contribution in [2.24, 2.45) is 7.05 Å². The molecule has 0 aliphatic carbocycles. The van der Waals surface area contributed by atoms with Gasteiger partial charge < -0.3 is 19.4 Å². The van der Waals surface area contributed by atoms with E-state index in [1.54, 1.807) is 27.5 Å². The standard InChI is InChI=1S/C18H20N4O3S/c1-22-8-7-13-15(17(22)23)16(21-18(20-13)26-4)19-10-11-5-6-12(24-2)9-14(11)25-3/h5-9H,10H2,1-4H3,(H,19,20,21). The van der Waals surface area contributed by atoms with Gasteiger partial charge in [-0.1, -0.05) is 11.8 Å². The Morgan fingerprint density at radius 2 is 2.00 bits per heavy atom. The molecule has 0 radical (unpaired) electrons. The summed E-state index contributed by atoms with van der Waals surface area (Å²) in [5.74, 6) is 1.93. The van der Waals surface area contributed by atoms with E-state index in [0.717, 1.165) is 11.3 Å². The summed E-state index contributed by atoms with van der Waals surface area (Å²) in [5, 5.41) is 4.34. The van der Waals surface area contributed by atoms with Crippen molar-refractivity contribution in [1.82, 2.24) is 14.5 Å². The molecule has 0 unspecified atom stereocenters. The number of fused-ring (bicyclic) bond motifs is 1. The number of hydrogen-bond acceptors (Lipinski definition) is 7. The van der Waals surface area contributed by atoms with Crippen molar-refractivity contribution in [3.8, 4) is 11.5 Å². The summed E-state index contributed by atoms with van der Waals surface area (Å²) in [6.45, 7) is 0.450. The number of nitrogens with zero attached hydrogens (tertiary/aromatic N) is 3. The predicted molar refractivity (Wildman–Crippen MR) is 103 cm³/mol. The molecular formula is C18H20N4O3S. The number of pyridine rings is 1. The van der Waals surface area contributed by atoms with Gasteiger partial charge in [0.2, 0.25) is 0 Å². The summed E-state index contributed by atoms with van der Waals surface area (Å²) in [5.41, 5.74) is 1.41. The molecule has 0 saturated carbocycles. The second kappa shape index (κ2) is 7.65. The van der Waals surface area contributed by atoms with Crippen LogP contribution in [0.3, 0.4) is 0 Å². The first-order chi connectivity index (χ1) is 12.6. The number of methoxy groups -OCH3 is 2. The zero-order valence-electron chi connectivity index (χ0n) is 15.1. The van der Waals surface area contributed by atoms with Crippen LogP contribution in [0.15, 0.2) is 40.4 Å². The fourth-order valence-electron chi connectivity index (χ4n) is 2.61. The van der Waals surface area contributed by atoms with Gasteiger partial charge in [-0.25, -0.2) is 9.97 Å². The summed E-state index contributed by atoms with van der Waals surface area (Å²) >= 11 is 1.43. The molecular weight excluding hydrogens is 352 g/mol. The molecule has 8 heteroatoms. The Morgan fingerprint density at radius 1 is 1.19 bits per heavy atom. The average Bonchev–Trinajstić information content (AvgIpc) is 2.68. The van der Waals surface area contributed by atoms with Crippen LogP contribution >= 0.6 is 11.8 Å². The Labute approximate surface area is 155 Å². The highest BCUT2D eigenvalue weighted by molar-refractivity contribution is 7.98. The first-order valence-corrected chi connectivity index (χ1v) is 9.16. The van der Waals surface area contributed by atoms with E-state index >= 15 is 0 Å². The van der Waals surface area contributed by atoms with E-state index in [0.29, 0.717) is 34.2 Å². The minimum absolute atomic E-state index is 0.139. The molecule has 0 atom stereocenters. The maximum atomic E-state index is 12.6. The third kappa shape index (κ3) is 3.45. The van der Waals surface area contributed by atoms with Crippen molar-refractivity contribution in [1.29, 1.82) is 0 Å². The lowest BCUT2D eigenvalue weighted by Crippen LogP contribution is -2.18. The number of aromatic nitrogens is 3. The highest BCUT2D eigenvalue weighted by Crippen LogP contribution is 2.26. The van der Waals surface area contributed by atoms with Gasteiger partial charge in [0, 0.05) is 31.4 Å². The highest BCUT2D eigenvalue weighted by atomic mass is 32.2. The minimum atomic E-state index is -0.139. The van der Waals surface area contributed by atoms with E-state index in [9.17, 15) is 4.79 Å². The Balaban J connectivity index is 2.01. The largest absolute Gasteiger partial charge is 0.497 e. The Kier molecular flexibility index (Phi) is 5.32. The Morgan fingerprint density at radius 3 is 2.69 bits per heavy atom. The number of hydrogen-bond donors (Lipinski definition) is 1. The molecule has 136 valence electrons. The van der Waals surface area contributed by atoms with Gasteiger partial charge >= 0.3 is 0 Å². The van der Waals surface area contributed by atoms with E-state index in [2.05, 4.69) is 15.3 Å². The number of ether oxygens (including phenoxy) is 2. The summed E-state index contributed by atoms with van der Waals surface area (Å²) in [4.78, 5) is 21.5. The van der Waals surface area contributed by atoms with Crippen LogP contribution in [0, 0.1) is 0 Å².